The second kappa shape index (κ2) is 5.48. The molecule has 1 heterocycles. The second-order valence-electron chi connectivity index (χ2n) is 5.40. The van der Waals surface area contributed by atoms with Gasteiger partial charge in [-0.2, -0.15) is 5.26 Å². The van der Waals surface area contributed by atoms with Gasteiger partial charge in [0.05, 0.1) is 18.7 Å². The molecule has 2 unspecified atom stereocenters. The first-order valence-corrected chi connectivity index (χ1v) is 5.91. The van der Waals surface area contributed by atoms with Crippen molar-refractivity contribution in [1.82, 2.24) is 10.2 Å². The molecule has 17 heavy (non-hydrogen) atoms. The molecule has 5 nitrogen and oxygen atoms in total. The Labute approximate surface area is 103 Å². The van der Waals surface area contributed by atoms with Gasteiger partial charge in [0.25, 0.3) is 0 Å². The first-order chi connectivity index (χ1) is 7.83. The third-order valence-electron chi connectivity index (χ3n) is 2.67. The quantitative estimate of drug-likeness (QED) is 0.762. The summed E-state index contributed by atoms with van der Waals surface area (Å²) in [5, 5.41) is 11.8. The van der Waals surface area contributed by atoms with Crippen molar-refractivity contribution in [2.45, 2.75) is 45.4 Å². The van der Waals surface area contributed by atoms with Gasteiger partial charge in [0, 0.05) is 18.6 Å². The smallest absolute Gasteiger partial charge is 0.237 e. The maximum absolute atomic E-state index is 12.0. The van der Waals surface area contributed by atoms with Crippen LogP contribution in [-0.2, 0) is 9.53 Å². The van der Waals surface area contributed by atoms with Crippen LogP contribution < -0.4 is 5.32 Å². The van der Waals surface area contributed by atoms with Crippen molar-refractivity contribution in [1.29, 1.82) is 5.26 Å². The fourth-order valence-electron chi connectivity index (χ4n) is 1.74. The molecule has 0 aromatic heterocycles. The fraction of sp³-hybridized carbons (Fsp3) is 0.833. The molecule has 96 valence electrons. The number of ether oxygens (including phenoxy) is 1. The molecule has 1 saturated heterocycles. The molecule has 1 N–H and O–H groups in total. The van der Waals surface area contributed by atoms with Crippen LogP contribution in [0.2, 0.25) is 0 Å². The zero-order valence-electron chi connectivity index (χ0n) is 11.0. The number of rotatable bonds is 2. The number of amides is 1. The number of nitriles is 1. The number of nitrogens with zero attached hydrogens (tertiary/aromatic N) is 2. The predicted octanol–water partition coefficient (Wildman–Crippen LogP) is 0.514. The number of carbonyl (C=O) groups excluding carboxylic acids is 1. The van der Waals surface area contributed by atoms with E-state index < -0.39 is 6.10 Å². The zero-order chi connectivity index (χ0) is 13.1. The van der Waals surface area contributed by atoms with Gasteiger partial charge >= 0.3 is 0 Å². The Bertz CT molecular complexity index is 317. The lowest BCUT2D eigenvalue weighted by Gasteiger charge is -2.35. The van der Waals surface area contributed by atoms with Gasteiger partial charge in [-0.25, -0.2) is 0 Å². The van der Waals surface area contributed by atoms with Crippen LogP contribution in [-0.4, -0.2) is 48.2 Å². The molecule has 2 atom stereocenters. The lowest BCUT2D eigenvalue weighted by molar-refractivity contribution is -0.129. The van der Waals surface area contributed by atoms with Crippen molar-refractivity contribution < 1.29 is 9.53 Å². The summed E-state index contributed by atoms with van der Waals surface area (Å²) in [6, 6.07) is 1.85. The fourth-order valence-corrected chi connectivity index (χ4v) is 1.74. The van der Waals surface area contributed by atoms with Gasteiger partial charge in [0.1, 0.15) is 0 Å². The maximum Gasteiger partial charge on any atom is 0.237 e. The van der Waals surface area contributed by atoms with Gasteiger partial charge in [0.2, 0.25) is 5.91 Å². The van der Waals surface area contributed by atoms with Crippen LogP contribution >= 0.6 is 0 Å². The van der Waals surface area contributed by atoms with Crippen molar-refractivity contribution in [3.8, 4) is 6.07 Å². The van der Waals surface area contributed by atoms with E-state index in [4.69, 9.17) is 10.00 Å². The minimum Gasteiger partial charge on any atom is -0.361 e. The average Bonchev–Trinajstić information content (AvgIpc) is 2.26. The Morgan fingerprint density at radius 2 is 2.24 bits per heavy atom. The van der Waals surface area contributed by atoms with Gasteiger partial charge in [-0.1, -0.05) is 0 Å². The molecule has 5 heteroatoms. The Morgan fingerprint density at radius 3 is 2.76 bits per heavy atom. The molecule has 0 aromatic carbocycles. The molecule has 0 bridgehead atoms. The first kappa shape index (κ1) is 13.9. The van der Waals surface area contributed by atoms with E-state index >= 15 is 0 Å². The molecular formula is C12H21N3O2. The van der Waals surface area contributed by atoms with Crippen LogP contribution in [0.1, 0.15) is 27.7 Å². The predicted molar refractivity (Wildman–Crippen MR) is 64.3 cm³/mol. The lowest BCUT2D eigenvalue weighted by atomic mass is 10.1. The van der Waals surface area contributed by atoms with Crippen LogP contribution in [0.25, 0.3) is 0 Å². The molecule has 1 fully saturated rings. The molecule has 0 aliphatic carbocycles. The Balaban J connectivity index is 2.55. The molecule has 1 rings (SSSR count). The van der Waals surface area contributed by atoms with Crippen LogP contribution in [0.4, 0.5) is 0 Å². The molecule has 1 aliphatic rings. The van der Waals surface area contributed by atoms with Gasteiger partial charge in [-0.3, -0.25) is 9.69 Å². The van der Waals surface area contributed by atoms with Crippen LogP contribution in [0.5, 0.6) is 0 Å². The van der Waals surface area contributed by atoms with Crippen LogP contribution in [0.15, 0.2) is 0 Å². The van der Waals surface area contributed by atoms with Crippen molar-refractivity contribution in [3.63, 3.8) is 0 Å². The first-order valence-electron chi connectivity index (χ1n) is 5.91. The molecule has 0 spiro atoms. The maximum atomic E-state index is 12.0. The van der Waals surface area contributed by atoms with E-state index in [1.807, 2.05) is 32.6 Å². The molecule has 0 saturated carbocycles. The van der Waals surface area contributed by atoms with Crippen molar-refractivity contribution in [2.75, 3.05) is 19.7 Å². The summed E-state index contributed by atoms with van der Waals surface area (Å²) < 4.78 is 5.25. The lowest BCUT2D eigenvalue weighted by Crippen LogP contribution is -2.54. The number of nitrogens with one attached hydrogen (secondary N) is 1. The Kier molecular flexibility index (Phi) is 4.49. The monoisotopic (exact) mass is 239 g/mol. The highest BCUT2D eigenvalue weighted by Crippen LogP contribution is 2.10. The van der Waals surface area contributed by atoms with Crippen molar-refractivity contribution in [2.24, 2.45) is 0 Å². The summed E-state index contributed by atoms with van der Waals surface area (Å²) in [5.74, 6) is -0.00362. The van der Waals surface area contributed by atoms with E-state index in [1.54, 1.807) is 0 Å². The van der Waals surface area contributed by atoms with Gasteiger partial charge < -0.3 is 10.1 Å². The van der Waals surface area contributed by atoms with Crippen molar-refractivity contribution in [3.05, 3.63) is 0 Å². The Morgan fingerprint density at radius 1 is 1.59 bits per heavy atom. The average molecular weight is 239 g/mol. The third-order valence-corrected chi connectivity index (χ3v) is 2.67. The summed E-state index contributed by atoms with van der Waals surface area (Å²) in [7, 11) is 0. The molecule has 1 amide bonds. The van der Waals surface area contributed by atoms with Gasteiger partial charge in [-0.05, 0) is 27.7 Å². The highest BCUT2D eigenvalue weighted by molar-refractivity contribution is 5.81. The molecule has 0 aromatic rings. The topological polar surface area (TPSA) is 65.4 Å². The third kappa shape index (κ3) is 4.33. The number of carbonyl (C=O) groups is 1. The Hall–Kier alpha value is -1.12. The summed E-state index contributed by atoms with van der Waals surface area (Å²) in [6.45, 7) is 9.41. The SMILES string of the molecule is CC(C(=O)NC(C)(C)C)N1CCOC(C#N)C1. The van der Waals surface area contributed by atoms with E-state index in [-0.39, 0.29) is 17.5 Å². The van der Waals surface area contributed by atoms with E-state index in [9.17, 15) is 4.79 Å². The summed E-state index contributed by atoms with van der Waals surface area (Å²) in [6.07, 6.45) is -0.423. The van der Waals surface area contributed by atoms with E-state index in [1.165, 1.54) is 0 Å². The number of hydrogen-bond donors (Lipinski definition) is 1. The highest BCUT2D eigenvalue weighted by atomic mass is 16.5. The molecule has 0 radical (unpaired) electrons. The van der Waals surface area contributed by atoms with E-state index in [2.05, 4.69) is 11.4 Å². The summed E-state index contributed by atoms with van der Waals surface area (Å²) >= 11 is 0. The number of hydrogen-bond acceptors (Lipinski definition) is 4. The van der Waals surface area contributed by atoms with E-state index in [0.717, 1.165) is 0 Å². The molecule has 1 aliphatic heterocycles. The second-order valence-corrected chi connectivity index (χ2v) is 5.40. The standard InChI is InChI=1S/C12H21N3O2/c1-9(11(16)14-12(2,3)4)15-5-6-17-10(7-13)8-15/h9-10H,5-6,8H2,1-4H3,(H,14,16). The van der Waals surface area contributed by atoms with Gasteiger partial charge in [0.15, 0.2) is 6.10 Å². The minimum absolute atomic E-state index is 0.00362. The van der Waals surface area contributed by atoms with Crippen LogP contribution in [0, 0.1) is 11.3 Å². The van der Waals surface area contributed by atoms with E-state index in [0.29, 0.717) is 19.7 Å². The normalized spacial score (nSPS) is 23.8. The molecular weight excluding hydrogens is 218 g/mol. The van der Waals surface area contributed by atoms with Crippen molar-refractivity contribution >= 4 is 5.91 Å². The summed E-state index contributed by atoms with van der Waals surface area (Å²) in [4.78, 5) is 14.0. The number of morpholine rings is 1. The summed E-state index contributed by atoms with van der Waals surface area (Å²) in [5.41, 5.74) is -0.230. The zero-order valence-corrected chi connectivity index (χ0v) is 11.0. The van der Waals surface area contributed by atoms with Gasteiger partial charge in [-0.15, -0.1) is 0 Å². The largest absolute Gasteiger partial charge is 0.361 e. The highest BCUT2D eigenvalue weighted by Gasteiger charge is 2.29. The minimum atomic E-state index is -0.423. The van der Waals surface area contributed by atoms with Crippen LogP contribution in [0.3, 0.4) is 0 Å².